The summed E-state index contributed by atoms with van der Waals surface area (Å²) in [4.78, 5) is 15.3. The molecule has 0 amide bonds. The van der Waals surface area contributed by atoms with Crippen molar-refractivity contribution < 1.29 is 14.6 Å². The number of rotatable bonds is 4. The average Bonchev–Trinajstić information content (AvgIpc) is 2.91. The molecule has 5 heteroatoms. The summed E-state index contributed by atoms with van der Waals surface area (Å²) in [6.45, 7) is 0. The van der Waals surface area contributed by atoms with Crippen LogP contribution in [-0.4, -0.2) is 22.5 Å². The van der Waals surface area contributed by atoms with E-state index in [9.17, 15) is 9.90 Å². The van der Waals surface area contributed by atoms with Gasteiger partial charge in [-0.2, -0.15) is 0 Å². The van der Waals surface area contributed by atoms with Crippen LogP contribution in [0.3, 0.4) is 0 Å². The van der Waals surface area contributed by atoms with Crippen LogP contribution in [0.15, 0.2) is 54.7 Å². The maximum atomic E-state index is 10.7. The average molecular weight is 293 g/mol. The molecule has 110 valence electrons. The first kappa shape index (κ1) is 13.9. The number of carboxylic acid groups (broad SMARTS) is 1. The van der Waals surface area contributed by atoms with E-state index in [1.54, 1.807) is 7.11 Å². The van der Waals surface area contributed by atoms with Crippen LogP contribution in [-0.2, 0) is 4.79 Å². The van der Waals surface area contributed by atoms with E-state index in [0.717, 1.165) is 17.3 Å². The van der Waals surface area contributed by atoms with Crippen molar-refractivity contribution in [3.8, 4) is 17.0 Å². The number of carbonyl (C=O) groups is 1. The van der Waals surface area contributed by atoms with Crippen LogP contribution in [0.4, 0.5) is 0 Å². The third-order valence-corrected chi connectivity index (χ3v) is 3.29. The Morgan fingerprint density at radius 3 is 2.91 bits per heavy atom. The van der Waals surface area contributed by atoms with Crippen molar-refractivity contribution in [3.63, 3.8) is 0 Å². The lowest BCUT2D eigenvalue weighted by atomic mass is 10.1. The molecule has 0 aliphatic carbocycles. The van der Waals surface area contributed by atoms with Gasteiger partial charge in [0.15, 0.2) is 0 Å². The molecule has 0 aliphatic heterocycles. The zero-order chi connectivity index (χ0) is 15.5. The van der Waals surface area contributed by atoms with E-state index < -0.39 is 5.97 Å². The van der Waals surface area contributed by atoms with Gasteiger partial charge in [-0.1, -0.05) is 18.2 Å². The quantitative estimate of drug-likeness (QED) is 0.688. The summed E-state index contributed by atoms with van der Waals surface area (Å²) in [6, 6.07) is 13.1. The van der Waals surface area contributed by atoms with Crippen LogP contribution in [0.25, 0.3) is 23.0 Å². The lowest BCUT2D eigenvalue weighted by Gasteiger charge is -2.04. The van der Waals surface area contributed by atoms with Crippen LogP contribution < -0.4 is 9.84 Å². The Bertz CT molecular complexity index is 865. The summed E-state index contributed by atoms with van der Waals surface area (Å²) in [7, 11) is 1.60. The van der Waals surface area contributed by atoms with E-state index in [1.807, 2.05) is 53.1 Å². The first-order chi connectivity index (χ1) is 10.7. The molecular weight excluding hydrogens is 280 g/mol. The van der Waals surface area contributed by atoms with E-state index in [1.165, 1.54) is 6.08 Å². The maximum Gasteiger partial charge on any atom is 0.137 e. The highest BCUT2D eigenvalue weighted by molar-refractivity contribution is 5.86. The van der Waals surface area contributed by atoms with Crippen molar-refractivity contribution in [1.29, 1.82) is 0 Å². The molecule has 0 radical (unpaired) electrons. The molecule has 0 atom stereocenters. The maximum absolute atomic E-state index is 10.7. The monoisotopic (exact) mass is 293 g/mol. The molecule has 0 unspecified atom stereocenters. The Morgan fingerprint density at radius 1 is 1.27 bits per heavy atom. The second-order valence-electron chi connectivity index (χ2n) is 4.66. The number of hydrogen-bond acceptors (Lipinski definition) is 4. The fraction of sp³-hybridized carbons (Fsp3) is 0.0588. The van der Waals surface area contributed by atoms with Crippen molar-refractivity contribution in [2.75, 3.05) is 7.11 Å². The Kier molecular flexibility index (Phi) is 3.62. The van der Waals surface area contributed by atoms with Gasteiger partial charge in [-0.25, -0.2) is 4.98 Å². The largest absolute Gasteiger partial charge is 0.545 e. The molecular formula is C17H13N2O3-. The first-order valence-corrected chi connectivity index (χ1v) is 6.69. The molecule has 0 saturated heterocycles. The summed E-state index contributed by atoms with van der Waals surface area (Å²) in [6.07, 6.45) is 4.32. The third kappa shape index (κ3) is 2.56. The van der Waals surface area contributed by atoms with Crippen molar-refractivity contribution >= 4 is 17.7 Å². The lowest BCUT2D eigenvalue weighted by Crippen LogP contribution is -2.18. The number of fused-ring (bicyclic) bond motifs is 1. The van der Waals surface area contributed by atoms with Gasteiger partial charge in [-0.15, -0.1) is 0 Å². The highest BCUT2D eigenvalue weighted by Gasteiger charge is 2.12. The molecule has 0 bridgehead atoms. The molecule has 3 aromatic rings. The van der Waals surface area contributed by atoms with Gasteiger partial charge >= 0.3 is 0 Å². The minimum Gasteiger partial charge on any atom is -0.545 e. The number of benzene rings is 1. The van der Waals surface area contributed by atoms with Crippen molar-refractivity contribution in [2.45, 2.75) is 0 Å². The van der Waals surface area contributed by atoms with E-state index >= 15 is 0 Å². The SMILES string of the molecule is COc1cccc(-c2nc3ccccn3c2/C=C/C(=O)[O-])c1. The fourth-order valence-corrected chi connectivity index (χ4v) is 2.30. The minimum atomic E-state index is -1.25. The van der Waals surface area contributed by atoms with Crippen LogP contribution in [0.1, 0.15) is 5.69 Å². The zero-order valence-electron chi connectivity index (χ0n) is 11.9. The number of carbonyl (C=O) groups excluding carboxylic acids is 1. The van der Waals surface area contributed by atoms with E-state index in [2.05, 4.69) is 4.98 Å². The second-order valence-corrected chi connectivity index (χ2v) is 4.66. The number of carboxylic acids is 1. The molecule has 3 rings (SSSR count). The smallest absolute Gasteiger partial charge is 0.137 e. The van der Waals surface area contributed by atoms with Crippen LogP contribution >= 0.6 is 0 Å². The number of aromatic nitrogens is 2. The predicted octanol–water partition coefficient (Wildman–Crippen LogP) is 1.77. The molecule has 0 fully saturated rings. The zero-order valence-corrected chi connectivity index (χ0v) is 11.9. The Balaban J connectivity index is 2.23. The van der Waals surface area contributed by atoms with Gasteiger partial charge in [0.2, 0.25) is 0 Å². The second kappa shape index (κ2) is 5.73. The highest BCUT2D eigenvalue weighted by atomic mass is 16.5. The molecule has 1 aromatic carbocycles. The topological polar surface area (TPSA) is 66.7 Å². The number of pyridine rings is 1. The molecule has 0 N–H and O–H groups in total. The van der Waals surface area contributed by atoms with Crippen LogP contribution in [0.5, 0.6) is 5.75 Å². The molecule has 2 aromatic heterocycles. The summed E-state index contributed by atoms with van der Waals surface area (Å²) in [5.41, 5.74) is 2.94. The van der Waals surface area contributed by atoms with Gasteiger partial charge in [0.25, 0.3) is 0 Å². The van der Waals surface area contributed by atoms with Crippen LogP contribution in [0, 0.1) is 0 Å². The molecule has 5 nitrogen and oxygen atoms in total. The standard InChI is InChI=1S/C17H14N2O3/c1-22-13-6-4-5-12(11-13)17-14(8-9-16(20)21)19-10-3-2-7-15(19)18-17/h2-11H,1H3,(H,20,21)/p-1/b9-8+. The predicted molar refractivity (Wildman–Crippen MR) is 81.2 cm³/mol. The third-order valence-electron chi connectivity index (χ3n) is 3.29. The van der Waals surface area contributed by atoms with Gasteiger partial charge in [-0.05, 0) is 36.4 Å². The van der Waals surface area contributed by atoms with E-state index in [4.69, 9.17) is 4.74 Å². The Labute approximate surface area is 127 Å². The Morgan fingerprint density at radius 2 is 2.14 bits per heavy atom. The number of aliphatic carboxylic acids is 1. The summed E-state index contributed by atoms with van der Waals surface area (Å²) in [5.74, 6) is -0.535. The van der Waals surface area contributed by atoms with Gasteiger partial charge < -0.3 is 14.6 Å². The molecule has 0 spiro atoms. The number of methoxy groups -OCH3 is 1. The van der Waals surface area contributed by atoms with Crippen molar-refractivity contribution in [1.82, 2.24) is 9.38 Å². The van der Waals surface area contributed by atoms with E-state index in [0.29, 0.717) is 17.1 Å². The highest BCUT2D eigenvalue weighted by Crippen LogP contribution is 2.28. The first-order valence-electron chi connectivity index (χ1n) is 6.69. The summed E-state index contributed by atoms with van der Waals surface area (Å²) < 4.78 is 7.06. The molecule has 0 aliphatic rings. The lowest BCUT2D eigenvalue weighted by molar-refractivity contribution is -0.297. The van der Waals surface area contributed by atoms with Gasteiger partial charge in [-0.3, -0.25) is 4.40 Å². The fourth-order valence-electron chi connectivity index (χ4n) is 2.30. The minimum absolute atomic E-state index is 0.674. The van der Waals surface area contributed by atoms with Gasteiger partial charge in [0.05, 0.1) is 24.5 Å². The van der Waals surface area contributed by atoms with Crippen molar-refractivity contribution in [3.05, 3.63) is 60.4 Å². The van der Waals surface area contributed by atoms with Gasteiger partial charge in [0.1, 0.15) is 11.4 Å². The number of imidazole rings is 1. The summed E-state index contributed by atoms with van der Waals surface area (Å²) in [5, 5.41) is 10.7. The molecule has 0 saturated carbocycles. The van der Waals surface area contributed by atoms with Crippen molar-refractivity contribution in [2.24, 2.45) is 0 Å². The molecule has 22 heavy (non-hydrogen) atoms. The normalized spacial score (nSPS) is 11.1. The number of ether oxygens (including phenoxy) is 1. The van der Waals surface area contributed by atoms with Gasteiger partial charge in [0, 0.05) is 11.8 Å². The number of nitrogens with zero attached hydrogens (tertiary/aromatic N) is 2. The summed E-state index contributed by atoms with van der Waals surface area (Å²) >= 11 is 0. The number of hydrogen-bond donors (Lipinski definition) is 0. The van der Waals surface area contributed by atoms with Crippen LogP contribution in [0.2, 0.25) is 0 Å². The van der Waals surface area contributed by atoms with E-state index in [-0.39, 0.29) is 0 Å². The Hall–Kier alpha value is -3.08. The molecule has 2 heterocycles.